The molecule has 7 heteroatoms. The van der Waals surface area contributed by atoms with Crippen LogP contribution in [0.5, 0.6) is 11.5 Å². The number of ether oxygens (including phenoxy) is 2. The first-order chi connectivity index (χ1) is 13.9. The lowest BCUT2D eigenvalue weighted by atomic mass is 9.85. The van der Waals surface area contributed by atoms with Gasteiger partial charge in [-0.05, 0) is 37.5 Å². The highest BCUT2D eigenvalue weighted by atomic mass is 16.6. The van der Waals surface area contributed by atoms with E-state index >= 15 is 0 Å². The Kier molecular flexibility index (Phi) is 6.87. The number of amides is 1. The van der Waals surface area contributed by atoms with E-state index in [0.717, 1.165) is 55.3 Å². The summed E-state index contributed by atoms with van der Waals surface area (Å²) in [5, 5.41) is 3.37. The predicted molar refractivity (Wildman–Crippen MR) is 114 cm³/mol. The summed E-state index contributed by atoms with van der Waals surface area (Å²) in [7, 11) is 5.70. The van der Waals surface area contributed by atoms with Crippen LogP contribution >= 0.6 is 0 Å². The zero-order valence-corrected chi connectivity index (χ0v) is 18.2. The van der Waals surface area contributed by atoms with Crippen molar-refractivity contribution in [2.24, 2.45) is 10.4 Å². The Bertz CT molecular complexity index is 742. The van der Waals surface area contributed by atoms with E-state index in [0.29, 0.717) is 26.3 Å². The van der Waals surface area contributed by atoms with E-state index < -0.39 is 0 Å². The summed E-state index contributed by atoms with van der Waals surface area (Å²) >= 11 is 0. The molecule has 0 radical (unpaired) electrons. The molecule has 0 aromatic heterocycles. The molecule has 1 amide bonds. The van der Waals surface area contributed by atoms with Gasteiger partial charge >= 0.3 is 0 Å². The Balaban J connectivity index is 1.73. The van der Waals surface area contributed by atoms with Crippen LogP contribution in [-0.4, -0.2) is 69.1 Å². The standard InChI is InChI=1S/C22H34N4O3/c1-5-23-21(24-16-22(10-6-7-11-22)20(27)25(2)3)26(4)15-17-8-9-18-19(14-17)29-13-12-28-18/h8-9,14H,5-7,10-13,15-16H2,1-4H3,(H,23,24). The molecule has 1 aliphatic heterocycles. The van der Waals surface area contributed by atoms with Crippen LogP contribution in [0.1, 0.15) is 38.2 Å². The van der Waals surface area contributed by atoms with E-state index in [4.69, 9.17) is 14.5 Å². The van der Waals surface area contributed by atoms with E-state index in [9.17, 15) is 4.79 Å². The van der Waals surface area contributed by atoms with Crippen molar-refractivity contribution in [3.05, 3.63) is 23.8 Å². The van der Waals surface area contributed by atoms with E-state index in [1.807, 2.05) is 33.3 Å². The Morgan fingerprint density at radius 1 is 1.14 bits per heavy atom. The number of benzene rings is 1. The second-order valence-corrected chi connectivity index (χ2v) is 8.19. The summed E-state index contributed by atoms with van der Waals surface area (Å²) in [5.41, 5.74) is 0.768. The SMILES string of the molecule is CCNC(=NCC1(C(=O)N(C)C)CCCC1)N(C)Cc1ccc2c(c1)OCCO2. The average Bonchev–Trinajstić information content (AvgIpc) is 3.20. The maximum atomic E-state index is 12.8. The van der Waals surface area contributed by atoms with Gasteiger partial charge in [-0.3, -0.25) is 9.79 Å². The fourth-order valence-electron chi connectivity index (χ4n) is 4.20. The number of rotatable bonds is 6. The third kappa shape index (κ3) is 4.95. The summed E-state index contributed by atoms with van der Waals surface area (Å²) in [6.45, 7) is 5.23. The fraction of sp³-hybridized carbons (Fsp3) is 0.636. The first-order valence-corrected chi connectivity index (χ1v) is 10.5. The largest absolute Gasteiger partial charge is 0.486 e. The van der Waals surface area contributed by atoms with Crippen LogP contribution in [0, 0.1) is 5.41 Å². The molecule has 1 heterocycles. The zero-order chi connectivity index (χ0) is 20.9. The summed E-state index contributed by atoms with van der Waals surface area (Å²) in [4.78, 5) is 21.5. The molecular weight excluding hydrogens is 368 g/mol. The molecule has 7 nitrogen and oxygen atoms in total. The normalized spacial score (nSPS) is 17.7. The van der Waals surface area contributed by atoms with Crippen molar-refractivity contribution in [1.29, 1.82) is 0 Å². The second kappa shape index (κ2) is 9.37. The van der Waals surface area contributed by atoms with Crippen molar-refractivity contribution < 1.29 is 14.3 Å². The molecule has 3 rings (SSSR count). The van der Waals surface area contributed by atoms with E-state index in [2.05, 4.69) is 23.2 Å². The highest BCUT2D eigenvalue weighted by Gasteiger charge is 2.42. The molecule has 29 heavy (non-hydrogen) atoms. The van der Waals surface area contributed by atoms with Gasteiger partial charge in [-0.15, -0.1) is 0 Å². The van der Waals surface area contributed by atoms with Gasteiger partial charge in [-0.2, -0.15) is 0 Å². The van der Waals surface area contributed by atoms with Crippen LogP contribution < -0.4 is 14.8 Å². The molecule has 160 valence electrons. The lowest BCUT2D eigenvalue weighted by molar-refractivity contribution is -0.138. The van der Waals surface area contributed by atoms with E-state index in [1.54, 1.807) is 4.90 Å². The van der Waals surface area contributed by atoms with Crippen LogP contribution in [0.15, 0.2) is 23.2 Å². The molecule has 0 spiro atoms. The lowest BCUT2D eigenvalue weighted by Crippen LogP contribution is -2.43. The van der Waals surface area contributed by atoms with Crippen molar-refractivity contribution in [3.63, 3.8) is 0 Å². The smallest absolute Gasteiger partial charge is 0.230 e. The Hall–Kier alpha value is -2.44. The quantitative estimate of drug-likeness (QED) is 0.585. The highest BCUT2D eigenvalue weighted by molar-refractivity contribution is 5.84. The van der Waals surface area contributed by atoms with Gasteiger partial charge in [-0.25, -0.2) is 0 Å². The van der Waals surface area contributed by atoms with Crippen molar-refractivity contribution in [2.45, 2.75) is 39.2 Å². The van der Waals surface area contributed by atoms with Gasteiger partial charge in [0.1, 0.15) is 13.2 Å². The third-order valence-corrected chi connectivity index (χ3v) is 5.67. The number of guanidine groups is 1. The van der Waals surface area contributed by atoms with Crippen LogP contribution in [-0.2, 0) is 11.3 Å². The number of hydrogen-bond donors (Lipinski definition) is 1. The van der Waals surface area contributed by atoms with Gasteiger partial charge < -0.3 is 24.6 Å². The number of carbonyl (C=O) groups excluding carboxylic acids is 1. The van der Waals surface area contributed by atoms with Crippen molar-refractivity contribution in [2.75, 3.05) is 47.4 Å². The molecule has 1 aromatic rings. The summed E-state index contributed by atoms with van der Waals surface area (Å²) < 4.78 is 11.3. The van der Waals surface area contributed by atoms with Crippen molar-refractivity contribution in [1.82, 2.24) is 15.1 Å². The zero-order valence-electron chi connectivity index (χ0n) is 18.2. The van der Waals surface area contributed by atoms with E-state index in [-0.39, 0.29) is 11.3 Å². The molecule has 1 saturated carbocycles. The van der Waals surface area contributed by atoms with Gasteiger partial charge in [0.25, 0.3) is 0 Å². The first-order valence-electron chi connectivity index (χ1n) is 10.5. The van der Waals surface area contributed by atoms with Crippen LogP contribution in [0.25, 0.3) is 0 Å². The van der Waals surface area contributed by atoms with Gasteiger partial charge in [0.2, 0.25) is 5.91 Å². The Morgan fingerprint density at radius 2 is 1.83 bits per heavy atom. The Morgan fingerprint density at radius 3 is 2.48 bits per heavy atom. The third-order valence-electron chi connectivity index (χ3n) is 5.67. The van der Waals surface area contributed by atoms with E-state index in [1.165, 1.54) is 0 Å². The molecule has 2 aliphatic rings. The average molecular weight is 403 g/mol. The van der Waals surface area contributed by atoms with Crippen LogP contribution in [0.4, 0.5) is 0 Å². The number of fused-ring (bicyclic) bond motifs is 1. The molecule has 0 unspecified atom stereocenters. The Labute approximate surface area is 174 Å². The lowest BCUT2D eigenvalue weighted by Gasteiger charge is -2.30. The van der Waals surface area contributed by atoms with Gasteiger partial charge in [0, 0.05) is 34.2 Å². The molecule has 1 fully saturated rings. The molecule has 1 aromatic carbocycles. The van der Waals surface area contributed by atoms with Gasteiger partial charge in [-0.1, -0.05) is 18.9 Å². The number of aliphatic imine (C=N–C) groups is 1. The summed E-state index contributed by atoms with van der Waals surface area (Å²) in [6, 6.07) is 6.05. The summed E-state index contributed by atoms with van der Waals surface area (Å²) in [5.74, 6) is 2.61. The minimum absolute atomic E-state index is 0.198. The van der Waals surface area contributed by atoms with Crippen LogP contribution in [0.2, 0.25) is 0 Å². The number of hydrogen-bond acceptors (Lipinski definition) is 4. The molecule has 0 saturated heterocycles. The molecule has 1 N–H and O–H groups in total. The monoisotopic (exact) mass is 402 g/mol. The number of nitrogens with one attached hydrogen (secondary N) is 1. The number of carbonyl (C=O) groups is 1. The second-order valence-electron chi connectivity index (χ2n) is 8.19. The van der Waals surface area contributed by atoms with Crippen molar-refractivity contribution in [3.8, 4) is 11.5 Å². The number of nitrogens with zero attached hydrogens (tertiary/aromatic N) is 3. The maximum Gasteiger partial charge on any atom is 0.230 e. The van der Waals surface area contributed by atoms with Crippen molar-refractivity contribution >= 4 is 11.9 Å². The summed E-state index contributed by atoms with van der Waals surface area (Å²) in [6.07, 6.45) is 4.02. The maximum absolute atomic E-state index is 12.8. The fourth-order valence-corrected chi connectivity index (χ4v) is 4.20. The molecule has 0 atom stereocenters. The highest BCUT2D eigenvalue weighted by Crippen LogP contribution is 2.40. The minimum atomic E-state index is -0.359. The minimum Gasteiger partial charge on any atom is -0.486 e. The topological polar surface area (TPSA) is 66.4 Å². The molecular formula is C22H34N4O3. The van der Waals surface area contributed by atoms with Gasteiger partial charge in [0.15, 0.2) is 17.5 Å². The first kappa shape index (κ1) is 21.3. The molecule has 0 bridgehead atoms. The molecule has 1 aliphatic carbocycles. The van der Waals surface area contributed by atoms with Crippen LogP contribution in [0.3, 0.4) is 0 Å². The van der Waals surface area contributed by atoms with Gasteiger partial charge in [0.05, 0.1) is 12.0 Å². The predicted octanol–water partition coefficient (Wildman–Crippen LogP) is 2.50.